The van der Waals surface area contributed by atoms with Gasteiger partial charge < -0.3 is 4.98 Å². The highest BCUT2D eigenvalue weighted by atomic mass is 32.2. The van der Waals surface area contributed by atoms with E-state index >= 15 is 0 Å². The second kappa shape index (κ2) is 7.49. The number of aryl methyl sites for hydroxylation is 1. The van der Waals surface area contributed by atoms with E-state index in [4.69, 9.17) is 0 Å². The van der Waals surface area contributed by atoms with E-state index in [0.29, 0.717) is 16.3 Å². The molecule has 3 heterocycles. The van der Waals surface area contributed by atoms with Gasteiger partial charge in [-0.1, -0.05) is 31.2 Å². The number of thioether (sulfide) groups is 1. The van der Waals surface area contributed by atoms with Crippen LogP contribution in [0.4, 0.5) is 5.69 Å². The highest BCUT2D eigenvalue weighted by Gasteiger charge is 2.40. The number of rotatable bonds is 5. The monoisotopic (exact) mass is 390 g/mol. The van der Waals surface area contributed by atoms with Gasteiger partial charge in [-0.3, -0.25) is 9.59 Å². The van der Waals surface area contributed by atoms with Crippen LogP contribution in [-0.2, 0) is 16.0 Å². The molecule has 1 N–H and O–H groups in total. The van der Waals surface area contributed by atoms with Crippen LogP contribution in [0.25, 0.3) is 10.9 Å². The molecule has 1 aliphatic rings. The number of amides is 2. The summed E-state index contributed by atoms with van der Waals surface area (Å²) in [6.07, 6.45) is 3.66. The Morgan fingerprint density at radius 3 is 2.93 bits per heavy atom. The van der Waals surface area contributed by atoms with Crippen LogP contribution in [0.1, 0.15) is 31.0 Å². The predicted octanol–water partition coefficient (Wildman–Crippen LogP) is 3.81. The number of nitriles is 1. The van der Waals surface area contributed by atoms with Gasteiger partial charge in [-0.05, 0) is 42.1 Å². The molecule has 1 unspecified atom stereocenters. The third-order valence-electron chi connectivity index (χ3n) is 4.70. The van der Waals surface area contributed by atoms with Crippen LogP contribution in [0.3, 0.4) is 0 Å². The third-order valence-corrected chi connectivity index (χ3v) is 5.89. The van der Waals surface area contributed by atoms with Crippen LogP contribution in [0.2, 0.25) is 0 Å². The molecule has 2 aromatic heterocycles. The van der Waals surface area contributed by atoms with E-state index < -0.39 is 5.25 Å². The number of carbonyl (C=O) groups excluding carboxylic acids is 2. The predicted molar refractivity (Wildman–Crippen MR) is 108 cm³/mol. The minimum absolute atomic E-state index is 0.0941. The first kappa shape index (κ1) is 18.3. The Bertz CT molecular complexity index is 1120. The lowest BCUT2D eigenvalue weighted by molar-refractivity contribution is -0.121. The molecule has 0 spiro atoms. The maximum absolute atomic E-state index is 13.0. The molecule has 0 aliphatic carbocycles. The molecule has 0 bridgehead atoms. The fourth-order valence-corrected chi connectivity index (χ4v) is 4.44. The summed E-state index contributed by atoms with van der Waals surface area (Å²) in [6, 6.07) is 13.1. The molecule has 1 aromatic carbocycles. The first-order valence-corrected chi connectivity index (χ1v) is 9.99. The first-order valence-electron chi connectivity index (χ1n) is 9.11. The first-order chi connectivity index (χ1) is 13.6. The van der Waals surface area contributed by atoms with Crippen LogP contribution in [0, 0.1) is 11.3 Å². The second-order valence-corrected chi connectivity index (χ2v) is 7.84. The largest absolute Gasteiger partial charge is 0.361 e. The third kappa shape index (κ3) is 3.27. The van der Waals surface area contributed by atoms with Crippen LogP contribution < -0.4 is 4.90 Å². The summed E-state index contributed by atoms with van der Waals surface area (Å²) in [5, 5.41) is 10.3. The molecule has 1 saturated heterocycles. The smallest absolute Gasteiger partial charge is 0.247 e. The Hall–Kier alpha value is -3.11. The van der Waals surface area contributed by atoms with Gasteiger partial charge in [0.05, 0.1) is 16.5 Å². The van der Waals surface area contributed by atoms with Gasteiger partial charge in [-0.2, -0.15) is 5.26 Å². The summed E-state index contributed by atoms with van der Waals surface area (Å²) in [5.74, 6) is -0.510. The lowest BCUT2D eigenvalue weighted by Crippen LogP contribution is -2.31. The Kier molecular flexibility index (Phi) is 4.88. The number of anilines is 1. The number of imide groups is 1. The van der Waals surface area contributed by atoms with Gasteiger partial charge in [0.25, 0.3) is 0 Å². The normalized spacial score (nSPS) is 16.7. The summed E-state index contributed by atoms with van der Waals surface area (Å²) in [4.78, 5) is 34.4. The molecule has 3 aromatic rings. The number of aromatic amines is 1. The number of fused-ring (bicyclic) bond motifs is 1. The van der Waals surface area contributed by atoms with E-state index in [1.165, 1.54) is 16.7 Å². The average Bonchev–Trinajstić information content (AvgIpc) is 3.26. The molecule has 1 fully saturated rings. The van der Waals surface area contributed by atoms with Crippen LogP contribution >= 0.6 is 11.8 Å². The molecular weight excluding hydrogens is 372 g/mol. The van der Waals surface area contributed by atoms with Crippen molar-refractivity contribution in [3.8, 4) is 6.07 Å². The van der Waals surface area contributed by atoms with Crippen molar-refractivity contribution in [1.29, 1.82) is 5.26 Å². The summed E-state index contributed by atoms with van der Waals surface area (Å²) in [7, 11) is 0. The van der Waals surface area contributed by atoms with E-state index in [2.05, 4.69) is 23.0 Å². The zero-order valence-corrected chi connectivity index (χ0v) is 16.1. The Labute approximate surface area is 166 Å². The molecule has 7 heteroatoms. The summed E-state index contributed by atoms with van der Waals surface area (Å²) >= 11 is 1.20. The molecule has 1 aliphatic heterocycles. The van der Waals surface area contributed by atoms with Gasteiger partial charge in [0.1, 0.15) is 11.1 Å². The number of hydrogen-bond acceptors (Lipinski definition) is 5. The molecular formula is C21H18N4O2S. The summed E-state index contributed by atoms with van der Waals surface area (Å²) < 4.78 is 0. The van der Waals surface area contributed by atoms with Crippen molar-refractivity contribution in [2.75, 3.05) is 4.90 Å². The number of hydrogen-bond donors (Lipinski definition) is 1. The van der Waals surface area contributed by atoms with Crippen molar-refractivity contribution in [2.24, 2.45) is 0 Å². The van der Waals surface area contributed by atoms with E-state index in [1.807, 2.05) is 24.4 Å². The highest BCUT2D eigenvalue weighted by molar-refractivity contribution is 8.00. The van der Waals surface area contributed by atoms with Gasteiger partial charge in [-0.15, -0.1) is 0 Å². The number of carbonyl (C=O) groups is 2. The molecule has 28 heavy (non-hydrogen) atoms. The highest BCUT2D eigenvalue weighted by Crippen LogP contribution is 2.35. The lowest BCUT2D eigenvalue weighted by Gasteiger charge is -2.15. The van der Waals surface area contributed by atoms with Gasteiger partial charge >= 0.3 is 0 Å². The van der Waals surface area contributed by atoms with E-state index in [0.717, 1.165) is 29.4 Å². The Balaban J connectivity index is 1.61. The van der Waals surface area contributed by atoms with Crippen molar-refractivity contribution < 1.29 is 9.59 Å². The Morgan fingerprint density at radius 1 is 1.29 bits per heavy atom. The molecule has 4 rings (SSSR count). The van der Waals surface area contributed by atoms with Crippen molar-refractivity contribution in [3.63, 3.8) is 0 Å². The SMILES string of the molecule is CCCc1ccc(C#N)c(SC2CC(=O)N(c3ccc4cc[nH]c4c3)C2=O)n1. The van der Waals surface area contributed by atoms with E-state index in [-0.39, 0.29) is 18.2 Å². The number of nitrogens with zero attached hydrogens (tertiary/aromatic N) is 3. The topological polar surface area (TPSA) is 89.9 Å². The summed E-state index contributed by atoms with van der Waals surface area (Å²) in [5.41, 5.74) is 2.74. The maximum Gasteiger partial charge on any atom is 0.247 e. The number of benzene rings is 1. The minimum atomic E-state index is -0.580. The molecule has 1 atom stereocenters. The van der Waals surface area contributed by atoms with E-state index in [1.54, 1.807) is 18.2 Å². The zero-order chi connectivity index (χ0) is 19.7. The standard InChI is InChI=1S/C21H18N4O2S/c1-2-3-15-6-4-14(12-22)20(24-15)28-18-11-19(26)25(21(18)27)16-7-5-13-8-9-23-17(13)10-16/h4-10,18,23H,2-3,11H2,1H3. The van der Waals surface area contributed by atoms with Crippen molar-refractivity contribution in [1.82, 2.24) is 9.97 Å². The van der Waals surface area contributed by atoms with Gasteiger partial charge in [-0.25, -0.2) is 9.88 Å². The van der Waals surface area contributed by atoms with Crippen molar-refractivity contribution >= 4 is 40.2 Å². The van der Waals surface area contributed by atoms with E-state index in [9.17, 15) is 14.9 Å². The Morgan fingerprint density at radius 2 is 2.14 bits per heavy atom. The average molecular weight is 390 g/mol. The molecule has 6 nitrogen and oxygen atoms in total. The fourth-order valence-electron chi connectivity index (χ4n) is 3.33. The van der Waals surface area contributed by atoms with Crippen LogP contribution in [-0.4, -0.2) is 27.0 Å². The number of pyridine rings is 1. The quantitative estimate of drug-likeness (QED) is 0.669. The lowest BCUT2D eigenvalue weighted by atomic mass is 10.2. The van der Waals surface area contributed by atoms with Crippen molar-refractivity contribution in [3.05, 3.63) is 53.9 Å². The molecule has 140 valence electrons. The zero-order valence-electron chi connectivity index (χ0n) is 15.3. The number of H-pyrrole nitrogens is 1. The maximum atomic E-state index is 13.0. The minimum Gasteiger partial charge on any atom is -0.361 e. The number of nitrogens with one attached hydrogen (secondary N) is 1. The number of aromatic nitrogens is 2. The van der Waals surface area contributed by atoms with Gasteiger partial charge in [0.2, 0.25) is 11.8 Å². The summed E-state index contributed by atoms with van der Waals surface area (Å²) in [6.45, 7) is 2.06. The molecule has 2 amide bonds. The van der Waals surface area contributed by atoms with Gasteiger partial charge in [0, 0.05) is 23.8 Å². The van der Waals surface area contributed by atoms with Gasteiger partial charge in [0.15, 0.2) is 0 Å². The molecule has 0 saturated carbocycles. The van der Waals surface area contributed by atoms with Crippen molar-refractivity contribution in [2.45, 2.75) is 36.5 Å². The molecule has 0 radical (unpaired) electrons. The second-order valence-electron chi connectivity index (χ2n) is 6.64. The van der Waals surface area contributed by atoms with Crippen LogP contribution in [0.15, 0.2) is 47.6 Å². The van der Waals surface area contributed by atoms with Crippen LogP contribution in [0.5, 0.6) is 0 Å². The fraction of sp³-hybridized carbons (Fsp3) is 0.238.